The summed E-state index contributed by atoms with van der Waals surface area (Å²) in [6, 6.07) is 4.09. The number of aryl methyl sites for hydroxylation is 3. The molecule has 0 N–H and O–H groups in total. The van der Waals surface area contributed by atoms with Crippen molar-refractivity contribution in [3.8, 4) is 11.3 Å². The smallest absolute Gasteiger partial charge is 0.180 e. The van der Waals surface area contributed by atoms with Crippen LogP contribution in [0, 0.1) is 27.7 Å². The Bertz CT molecular complexity index is 640. The summed E-state index contributed by atoms with van der Waals surface area (Å²) in [5, 5.41) is 4.30. The molecule has 0 bridgehead atoms. The predicted molar refractivity (Wildman–Crippen MR) is 77.6 cm³/mol. The number of hydrogen-bond donors (Lipinski definition) is 0. The van der Waals surface area contributed by atoms with E-state index in [4.69, 9.17) is 0 Å². The summed E-state index contributed by atoms with van der Waals surface area (Å²) in [6.07, 6.45) is 0. The zero-order valence-corrected chi connectivity index (χ0v) is 12.5. The van der Waals surface area contributed by atoms with Crippen molar-refractivity contribution in [3.05, 3.63) is 40.1 Å². The van der Waals surface area contributed by atoms with Crippen LogP contribution in [0.2, 0.25) is 0 Å². The Hall–Kier alpha value is -1.90. The Kier molecular flexibility index (Phi) is 3.31. The number of nitrogens with zero attached hydrogens (tertiary/aromatic N) is 2. The first kappa shape index (κ1) is 13.5. The van der Waals surface area contributed by atoms with Crippen LogP contribution in [0.25, 0.3) is 11.3 Å². The molecule has 1 heterocycles. The van der Waals surface area contributed by atoms with Crippen LogP contribution >= 0.6 is 0 Å². The van der Waals surface area contributed by atoms with Gasteiger partial charge in [-0.1, -0.05) is 6.07 Å². The number of aromatic nitrogens is 2. The van der Waals surface area contributed by atoms with Crippen molar-refractivity contribution >= 4 is 5.78 Å². The van der Waals surface area contributed by atoms with Crippen molar-refractivity contribution < 1.29 is 4.79 Å². The lowest BCUT2D eigenvalue weighted by Gasteiger charge is -2.15. The topological polar surface area (TPSA) is 34.9 Å². The number of benzene rings is 1. The molecule has 2 aromatic rings. The molecule has 19 heavy (non-hydrogen) atoms. The van der Waals surface area contributed by atoms with Gasteiger partial charge in [0.2, 0.25) is 0 Å². The first-order valence-corrected chi connectivity index (χ1v) is 6.45. The van der Waals surface area contributed by atoms with E-state index < -0.39 is 0 Å². The maximum Gasteiger partial charge on any atom is 0.180 e. The minimum atomic E-state index is 0.00142. The molecule has 100 valence electrons. The van der Waals surface area contributed by atoms with Crippen molar-refractivity contribution in [1.29, 1.82) is 0 Å². The molecule has 0 unspecified atom stereocenters. The molecule has 0 spiro atoms. The SMILES string of the molecule is CC(=O)c1cc(-c2c(C)c(C)cc(C)c2C)n(C)n1. The minimum absolute atomic E-state index is 0.00142. The van der Waals surface area contributed by atoms with Gasteiger partial charge in [-0.2, -0.15) is 5.10 Å². The highest BCUT2D eigenvalue weighted by atomic mass is 16.1. The average molecular weight is 256 g/mol. The van der Waals surface area contributed by atoms with E-state index in [9.17, 15) is 4.79 Å². The van der Waals surface area contributed by atoms with Gasteiger partial charge in [-0.25, -0.2) is 0 Å². The molecule has 3 heteroatoms. The highest BCUT2D eigenvalue weighted by Gasteiger charge is 2.16. The van der Waals surface area contributed by atoms with Crippen LogP contribution in [-0.2, 0) is 7.05 Å². The number of carbonyl (C=O) groups is 1. The average Bonchev–Trinajstić information content (AvgIpc) is 2.70. The van der Waals surface area contributed by atoms with Gasteiger partial charge in [0.25, 0.3) is 0 Å². The third-order valence-electron chi connectivity index (χ3n) is 3.86. The van der Waals surface area contributed by atoms with Crippen LogP contribution in [-0.4, -0.2) is 15.6 Å². The van der Waals surface area contributed by atoms with Gasteiger partial charge in [0.15, 0.2) is 5.78 Å². The number of hydrogen-bond acceptors (Lipinski definition) is 2. The van der Waals surface area contributed by atoms with Crippen LogP contribution in [0.5, 0.6) is 0 Å². The molecular formula is C16H20N2O. The molecule has 0 saturated carbocycles. The molecule has 0 saturated heterocycles. The lowest BCUT2D eigenvalue weighted by atomic mass is 9.92. The van der Waals surface area contributed by atoms with Gasteiger partial charge in [-0.3, -0.25) is 9.48 Å². The molecular weight excluding hydrogens is 236 g/mol. The number of ketones is 1. The van der Waals surface area contributed by atoms with E-state index in [2.05, 4.69) is 38.9 Å². The van der Waals surface area contributed by atoms with Crippen LogP contribution in [0.3, 0.4) is 0 Å². The summed E-state index contributed by atoms with van der Waals surface area (Å²) >= 11 is 0. The molecule has 0 fully saturated rings. The standard InChI is InChI=1S/C16H20N2O/c1-9-7-10(2)12(4)16(11(9)3)15-8-14(13(5)19)17-18(15)6/h7-8H,1-6H3. The Balaban J connectivity index is 2.75. The van der Waals surface area contributed by atoms with Gasteiger partial charge in [0.05, 0.1) is 5.69 Å². The van der Waals surface area contributed by atoms with Crippen molar-refractivity contribution in [3.63, 3.8) is 0 Å². The highest BCUT2D eigenvalue weighted by Crippen LogP contribution is 2.31. The molecule has 0 radical (unpaired) electrons. The first-order valence-electron chi connectivity index (χ1n) is 6.45. The second kappa shape index (κ2) is 4.65. The van der Waals surface area contributed by atoms with Crippen LogP contribution in [0.15, 0.2) is 12.1 Å². The highest BCUT2D eigenvalue weighted by molar-refractivity contribution is 5.93. The van der Waals surface area contributed by atoms with Gasteiger partial charge < -0.3 is 0 Å². The number of carbonyl (C=O) groups excluding carboxylic acids is 1. The van der Waals surface area contributed by atoms with Crippen LogP contribution in [0.1, 0.15) is 39.7 Å². The van der Waals surface area contributed by atoms with Crippen LogP contribution in [0.4, 0.5) is 0 Å². The fraction of sp³-hybridized carbons (Fsp3) is 0.375. The van der Waals surface area contributed by atoms with E-state index in [1.807, 2.05) is 13.1 Å². The molecule has 1 aromatic carbocycles. The second-order valence-corrected chi connectivity index (χ2v) is 5.23. The van der Waals surface area contributed by atoms with Gasteiger partial charge in [-0.05, 0) is 56.0 Å². The van der Waals surface area contributed by atoms with Gasteiger partial charge in [-0.15, -0.1) is 0 Å². The van der Waals surface area contributed by atoms with Crippen molar-refractivity contribution in [2.24, 2.45) is 7.05 Å². The summed E-state index contributed by atoms with van der Waals surface area (Å²) in [5.41, 5.74) is 7.76. The third-order valence-corrected chi connectivity index (χ3v) is 3.86. The zero-order valence-electron chi connectivity index (χ0n) is 12.5. The van der Waals surface area contributed by atoms with Gasteiger partial charge >= 0.3 is 0 Å². The van der Waals surface area contributed by atoms with E-state index in [0.29, 0.717) is 5.69 Å². The lowest BCUT2D eigenvalue weighted by Crippen LogP contribution is -2.01. The maximum atomic E-state index is 11.5. The van der Waals surface area contributed by atoms with Crippen molar-refractivity contribution in [2.75, 3.05) is 0 Å². The third kappa shape index (κ3) is 2.21. The lowest BCUT2D eigenvalue weighted by molar-refractivity contribution is 0.101. The molecule has 0 atom stereocenters. The maximum absolute atomic E-state index is 11.5. The number of Topliss-reactive ketones (excluding diaryl/α,β-unsaturated/α-hetero) is 1. The summed E-state index contributed by atoms with van der Waals surface area (Å²) < 4.78 is 1.80. The van der Waals surface area contributed by atoms with Crippen molar-refractivity contribution in [1.82, 2.24) is 9.78 Å². The van der Waals surface area contributed by atoms with Crippen LogP contribution < -0.4 is 0 Å². The molecule has 0 aliphatic rings. The molecule has 0 aliphatic carbocycles. The Morgan fingerprint density at radius 3 is 2.00 bits per heavy atom. The fourth-order valence-electron chi connectivity index (χ4n) is 2.47. The Labute approximate surface area is 114 Å². The molecule has 3 nitrogen and oxygen atoms in total. The zero-order chi connectivity index (χ0) is 14.3. The van der Waals surface area contributed by atoms with E-state index in [1.54, 1.807) is 11.6 Å². The minimum Gasteiger partial charge on any atom is -0.293 e. The van der Waals surface area contributed by atoms with E-state index in [1.165, 1.54) is 27.8 Å². The van der Waals surface area contributed by atoms with E-state index in [-0.39, 0.29) is 5.78 Å². The fourth-order valence-corrected chi connectivity index (χ4v) is 2.47. The summed E-state index contributed by atoms with van der Waals surface area (Å²) in [7, 11) is 1.89. The molecule has 0 aliphatic heterocycles. The predicted octanol–water partition coefficient (Wildman–Crippen LogP) is 3.52. The quantitative estimate of drug-likeness (QED) is 0.770. The summed E-state index contributed by atoms with van der Waals surface area (Å²) in [6.45, 7) is 10.0. The van der Waals surface area contributed by atoms with E-state index in [0.717, 1.165) is 5.69 Å². The Morgan fingerprint density at radius 2 is 1.58 bits per heavy atom. The number of rotatable bonds is 2. The second-order valence-electron chi connectivity index (χ2n) is 5.23. The summed E-state index contributed by atoms with van der Waals surface area (Å²) in [4.78, 5) is 11.5. The molecule has 2 rings (SSSR count). The monoisotopic (exact) mass is 256 g/mol. The normalized spacial score (nSPS) is 10.8. The largest absolute Gasteiger partial charge is 0.293 e. The molecule has 0 amide bonds. The van der Waals surface area contributed by atoms with Gasteiger partial charge in [0, 0.05) is 19.5 Å². The summed E-state index contributed by atoms with van der Waals surface area (Å²) in [5.74, 6) is 0.00142. The molecule has 1 aromatic heterocycles. The van der Waals surface area contributed by atoms with E-state index >= 15 is 0 Å². The Morgan fingerprint density at radius 1 is 1.05 bits per heavy atom. The van der Waals surface area contributed by atoms with Gasteiger partial charge in [0.1, 0.15) is 5.69 Å². The first-order chi connectivity index (χ1) is 8.82. The van der Waals surface area contributed by atoms with Crippen molar-refractivity contribution in [2.45, 2.75) is 34.6 Å².